The molecule has 0 fully saturated rings. The summed E-state index contributed by atoms with van der Waals surface area (Å²) in [5.74, 6) is -0.933. The summed E-state index contributed by atoms with van der Waals surface area (Å²) in [5.41, 5.74) is 0.597. The van der Waals surface area contributed by atoms with E-state index in [9.17, 15) is 12.8 Å². The van der Waals surface area contributed by atoms with Crippen molar-refractivity contribution < 1.29 is 17.4 Å². The molecule has 0 radical (unpaired) electrons. The van der Waals surface area contributed by atoms with E-state index in [-0.39, 0.29) is 0 Å². The van der Waals surface area contributed by atoms with Crippen LogP contribution in [-0.2, 0) is 10.1 Å². The van der Waals surface area contributed by atoms with Crippen LogP contribution in [0.2, 0.25) is 0 Å². The van der Waals surface area contributed by atoms with Gasteiger partial charge in [-0.1, -0.05) is 19.9 Å². The molecule has 0 atom stereocenters. The monoisotopic (exact) mass is 220 g/mol. The molecular weight excluding hydrogens is 207 g/mol. The van der Waals surface area contributed by atoms with Crippen LogP contribution in [-0.4, -0.2) is 13.0 Å². The Labute approximate surface area is 83.3 Å². The number of hydrogen-bond acceptors (Lipinski definition) is 2. The molecule has 0 heterocycles. The Morgan fingerprint density at radius 3 is 2.14 bits per heavy atom. The van der Waals surface area contributed by atoms with Crippen LogP contribution in [0.5, 0.6) is 0 Å². The fraction of sp³-hybridized carbons (Fsp3) is 0.333. The summed E-state index contributed by atoms with van der Waals surface area (Å²) in [6.45, 7) is 5.62. The average molecular weight is 220 g/mol. The van der Waals surface area contributed by atoms with Crippen molar-refractivity contribution in [3.63, 3.8) is 0 Å². The Morgan fingerprint density at radius 2 is 1.79 bits per heavy atom. The van der Waals surface area contributed by atoms with Gasteiger partial charge in [-0.15, -0.1) is 0 Å². The molecule has 0 aliphatic carbocycles. The lowest BCUT2D eigenvalue weighted by Gasteiger charge is -1.99. The number of halogens is 1. The summed E-state index contributed by atoms with van der Waals surface area (Å²) in [7, 11) is -4.43. The summed E-state index contributed by atoms with van der Waals surface area (Å²) in [6, 6.07) is 3.48. The summed E-state index contributed by atoms with van der Waals surface area (Å²) in [6.07, 6.45) is 0. The van der Waals surface area contributed by atoms with Crippen molar-refractivity contribution in [2.45, 2.75) is 25.7 Å². The van der Waals surface area contributed by atoms with Crippen molar-refractivity contribution >= 4 is 10.1 Å². The zero-order chi connectivity index (χ0) is 11.4. The second kappa shape index (κ2) is 5.07. The van der Waals surface area contributed by atoms with Gasteiger partial charge in [-0.3, -0.25) is 4.55 Å². The highest BCUT2D eigenvalue weighted by Gasteiger charge is 2.14. The lowest BCUT2D eigenvalue weighted by atomic mass is 10.2. The third kappa shape index (κ3) is 3.43. The summed E-state index contributed by atoms with van der Waals surface area (Å²) >= 11 is 0. The fourth-order valence-electron chi connectivity index (χ4n) is 0.815. The lowest BCUT2D eigenvalue weighted by Crippen LogP contribution is -2.01. The molecule has 3 nitrogen and oxygen atoms in total. The van der Waals surface area contributed by atoms with Gasteiger partial charge in [0.1, 0.15) is 10.7 Å². The molecule has 0 saturated heterocycles. The van der Waals surface area contributed by atoms with E-state index in [0.29, 0.717) is 5.56 Å². The van der Waals surface area contributed by atoms with Crippen LogP contribution >= 0.6 is 0 Å². The molecule has 0 spiro atoms. The second-order valence-electron chi connectivity index (χ2n) is 2.41. The molecule has 80 valence electrons. The number of hydrogen-bond donors (Lipinski definition) is 1. The van der Waals surface area contributed by atoms with E-state index in [2.05, 4.69) is 0 Å². The van der Waals surface area contributed by atoms with Crippen molar-refractivity contribution in [3.05, 3.63) is 29.6 Å². The van der Waals surface area contributed by atoms with Crippen molar-refractivity contribution in [1.29, 1.82) is 0 Å². The number of benzene rings is 1. The predicted octanol–water partition coefficient (Wildman–Crippen LogP) is 2.41. The third-order valence-electron chi connectivity index (χ3n) is 1.37. The Hall–Kier alpha value is -0.940. The van der Waals surface area contributed by atoms with Crippen LogP contribution in [0.1, 0.15) is 19.4 Å². The van der Waals surface area contributed by atoms with Crippen LogP contribution in [0.3, 0.4) is 0 Å². The molecular formula is C9H13FO3S. The molecule has 0 saturated carbocycles. The largest absolute Gasteiger partial charge is 0.297 e. The first kappa shape index (κ1) is 13.1. The smallest absolute Gasteiger partial charge is 0.282 e. The van der Waals surface area contributed by atoms with Gasteiger partial charge in [-0.2, -0.15) is 8.42 Å². The molecule has 0 aliphatic heterocycles. The Kier molecular flexibility index (Phi) is 4.73. The van der Waals surface area contributed by atoms with Gasteiger partial charge in [0.15, 0.2) is 0 Å². The first-order valence-corrected chi connectivity index (χ1v) is 5.59. The number of aryl methyl sites for hydroxylation is 1. The molecule has 0 aromatic heterocycles. The minimum absolute atomic E-state index is 0.597. The van der Waals surface area contributed by atoms with Crippen LogP contribution in [0.25, 0.3) is 0 Å². The molecule has 0 bridgehead atoms. The van der Waals surface area contributed by atoms with Gasteiger partial charge in [-0.25, -0.2) is 4.39 Å². The summed E-state index contributed by atoms with van der Waals surface area (Å²) in [4.78, 5) is -0.687. The first-order valence-electron chi connectivity index (χ1n) is 4.15. The fourth-order valence-corrected chi connectivity index (χ4v) is 1.36. The Morgan fingerprint density at radius 1 is 1.29 bits per heavy atom. The molecule has 5 heteroatoms. The maximum absolute atomic E-state index is 12.8. The van der Waals surface area contributed by atoms with Gasteiger partial charge in [0, 0.05) is 0 Å². The molecule has 1 aromatic carbocycles. The molecule has 1 rings (SSSR count). The van der Waals surface area contributed by atoms with Crippen LogP contribution in [0.4, 0.5) is 4.39 Å². The Bertz CT molecular complexity index is 399. The highest BCUT2D eigenvalue weighted by atomic mass is 32.2. The van der Waals surface area contributed by atoms with Crippen LogP contribution in [0, 0.1) is 12.7 Å². The minimum atomic E-state index is -4.43. The van der Waals surface area contributed by atoms with E-state index in [0.717, 1.165) is 12.1 Å². The van der Waals surface area contributed by atoms with E-state index < -0.39 is 20.8 Å². The highest BCUT2D eigenvalue weighted by molar-refractivity contribution is 7.85. The van der Waals surface area contributed by atoms with E-state index in [4.69, 9.17) is 4.55 Å². The van der Waals surface area contributed by atoms with E-state index in [1.54, 1.807) is 6.92 Å². The van der Waals surface area contributed by atoms with E-state index in [1.165, 1.54) is 6.07 Å². The first-order chi connectivity index (χ1) is 6.41. The SMILES string of the molecule is CC.Cc1ccc(S(=O)(=O)O)c(F)c1. The van der Waals surface area contributed by atoms with Crippen molar-refractivity contribution in [2.75, 3.05) is 0 Å². The van der Waals surface area contributed by atoms with Gasteiger partial charge in [-0.05, 0) is 24.6 Å². The molecule has 1 N–H and O–H groups in total. The van der Waals surface area contributed by atoms with Gasteiger partial charge in [0.2, 0.25) is 0 Å². The van der Waals surface area contributed by atoms with Gasteiger partial charge < -0.3 is 0 Å². The van der Waals surface area contributed by atoms with Crippen molar-refractivity contribution in [2.24, 2.45) is 0 Å². The van der Waals surface area contributed by atoms with Gasteiger partial charge >= 0.3 is 0 Å². The average Bonchev–Trinajstić information content (AvgIpc) is 2.05. The molecule has 0 aliphatic rings. The standard InChI is InChI=1S/C7H7FO3S.C2H6/c1-5-2-3-7(6(8)4-5)12(9,10)11;1-2/h2-4H,1H3,(H,9,10,11);1-2H3. The van der Waals surface area contributed by atoms with E-state index >= 15 is 0 Å². The highest BCUT2D eigenvalue weighted by Crippen LogP contribution is 2.14. The van der Waals surface area contributed by atoms with Gasteiger partial charge in [0.05, 0.1) is 0 Å². The molecule has 14 heavy (non-hydrogen) atoms. The number of rotatable bonds is 1. The van der Waals surface area contributed by atoms with Crippen LogP contribution in [0.15, 0.2) is 23.1 Å². The Balaban J connectivity index is 0.000000791. The predicted molar refractivity (Wildman–Crippen MR) is 52.3 cm³/mol. The summed E-state index contributed by atoms with van der Waals surface area (Å²) in [5, 5.41) is 0. The zero-order valence-corrected chi connectivity index (χ0v) is 9.10. The second-order valence-corrected chi connectivity index (χ2v) is 3.80. The lowest BCUT2D eigenvalue weighted by molar-refractivity contribution is 0.473. The van der Waals surface area contributed by atoms with Crippen LogP contribution < -0.4 is 0 Å². The van der Waals surface area contributed by atoms with Crippen molar-refractivity contribution in [1.82, 2.24) is 0 Å². The molecule has 1 aromatic rings. The normalized spacial score (nSPS) is 10.4. The molecule has 0 amide bonds. The zero-order valence-electron chi connectivity index (χ0n) is 8.28. The maximum Gasteiger partial charge on any atom is 0.297 e. The maximum atomic E-state index is 12.8. The third-order valence-corrected chi connectivity index (χ3v) is 2.25. The quantitative estimate of drug-likeness (QED) is 0.739. The van der Waals surface area contributed by atoms with Crippen molar-refractivity contribution in [3.8, 4) is 0 Å². The van der Waals surface area contributed by atoms with E-state index in [1.807, 2.05) is 13.8 Å². The summed E-state index contributed by atoms with van der Waals surface area (Å²) < 4.78 is 42.3. The van der Waals surface area contributed by atoms with Gasteiger partial charge in [0.25, 0.3) is 10.1 Å². The molecule has 0 unspecified atom stereocenters. The topological polar surface area (TPSA) is 54.4 Å². The minimum Gasteiger partial charge on any atom is -0.282 e.